The molecule has 4 nitrogen and oxygen atoms in total. The van der Waals surface area contributed by atoms with Crippen LogP contribution in [-0.2, 0) is 6.61 Å². The van der Waals surface area contributed by atoms with Gasteiger partial charge >= 0.3 is 0 Å². The number of hydrogen-bond donors (Lipinski definition) is 1. The van der Waals surface area contributed by atoms with Gasteiger partial charge in [-0.25, -0.2) is 0 Å². The first kappa shape index (κ1) is 20.6. The molecule has 0 unspecified atom stereocenters. The summed E-state index contributed by atoms with van der Waals surface area (Å²) < 4.78 is 17.0. The standard InChI is InChI=1S/C22H23NO3.ClH/c1-24-22-15-19(10-11-21(22)25-13-12-23)18-8-5-9-20(14-18)26-16-17-6-3-2-4-7-17;/h2-11,14-15H,12-13,16,23H2,1H3;1H. The van der Waals surface area contributed by atoms with E-state index in [9.17, 15) is 0 Å². The van der Waals surface area contributed by atoms with Gasteiger partial charge in [0.05, 0.1) is 7.11 Å². The first-order valence-corrected chi connectivity index (χ1v) is 8.58. The summed E-state index contributed by atoms with van der Waals surface area (Å²) in [5, 5.41) is 0. The summed E-state index contributed by atoms with van der Waals surface area (Å²) in [6.07, 6.45) is 0. The van der Waals surface area contributed by atoms with E-state index in [2.05, 4.69) is 12.1 Å². The van der Waals surface area contributed by atoms with Gasteiger partial charge < -0.3 is 19.9 Å². The fourth-order valence-electron chi connectivity index (χ4n) is 2.64. The van der Waals surface area contributed by atoms with Crippen LogP contribution < -0.4 is 19.9 Å². The second-order valence-corrected chi connectivity index (χ2v) is 5.80. The Morgan fingerprint density at radius 2 is 1.56 bits per heavy atom. The molecule has 0 heterocycles. The zero-order valence-electron chi connectivity index (χ0n) is 15.3. The van der Waals surface area contributed by atoms with E-state index in [-0.39, 0.29) is 12.4 Å². The fraction of sp³-hybridized carbons (Fsp3) is 0.182. The predicted molar refractivity (Wildman–Crippen MR) is 111 cm³/mol. The third kappa shape index (κ3) is 5.64. The van der Waals surface area contributed by atoms with E-state index in [1.807, 2.05) is 60.7 Å². The zero-order valence-corrected chi connectivity index (χ0v) is 16.1. The largest absolute Gasteiger partial charge is 0.493 e. The molecule has 0 amide bonds. The number of ether oxygens (including phenoxy) is 3. The van der Waals surface area contributed by atoms with Crippen LogP contribution in [0.5, 0.6) is 17.2 Å². The highest BCUT2D eigenvalue weighted by Gasteiger charge is 2.08. The average molecular weight is 386 g/mol. The highest BCUT2D eigenvalue weighted by atomic mass is 35.5. The minimum absolute atomic E-state index is 0. The maximum atomic E-state index is 5.92. The molecule has 27 heavy (non-hydrogen) atoms. The molecule has 5 heteroatoms. The second-order valence-electron chi connectivity index (χ2n) is 5.80. The van der Waals surface area contributed by atoms with Crippen molar-refractivity contribution < 1.29 is 14.2 Å². The summed E-state index contributed by atoms with van der Waals surface area (Å²) in [6.45, 7) is 1.46. The molecule has 0 aliphatic rings. The SMILES string of the molecule is COc1cc(-c2cccc(OCc3ccccc3)c2)ccc1OCCN.Cl. The van der Waals surface area contributed by atoms with Crippen molar-refractivity contribution in [1.29, 1.82) is 0 Å². The quantitative estimate of drug-likeness (QED) is 0.610. The summed E-state index contributed by atoms with van der Waals surface area (Å²) in [5.41, 5.74) is 8.73. The first-order chi connectivity index (χ1) is 12.8. The van der Waals surface area contributed by atoms with E-state index < -0.39 is 0 Å². The highest BCUT2D eigenvalue weighted by molar-refractivity contribution is 5.85. The lowest BCUT2D eigenvalue weighted by Gasteiger charge is -2.12. The molecule has 3 aromatic rings. The van der Waals surface area contributed by atoms with E-state index in [0.717, 1.165) is 22.4 Å². The number of halogens is 1. The van der Waals surface area contributed by atoms with Crippen molar-refractivity contribution in [3.8, 4) is 28.4 Å². The van der Waals surface area contributed by atoms with Crippen molar-refractivity contribution in [3.63, 3.8) is 0 Å². The van der Waals surface area contributed by atoms with E-state index in [0.29, 0.717) is 31.3 Å². The first-order valence-electron chi connectivity index (χ1n) is 8.58. The van der Waals surface area contributed by atoms with Gasteiger partial charge in [0, 0.05) is 6.54 Å². The normalized spacial score (nSPS) is 10.0. The highest BCUT2D eigenvalue weighted by Crippen LogP contribution is 2.33. The van der Waals surface area contributed by atoms with Crippen molar-refractivity contribution in [3.05, 3.63) is 78.4 Å². The lowest BCUT2D eigenvalue weighted by molar-refractivity contribution is 0.302. The van der Waals surface area contributed by atoms with Gasteiger partial charge in [0.15, 0.2) is 11.5 Å². The smallest absolute Gasteiger partial charge is 0.161 e. The van der Waals surface area contributed by atoms with Crippen LogP contribution >= 0.6 is 12.4 Å². The molecule has 3 rings (SSSR count). The Morgan fingerprint density at radius 3 is 2.30 bits per heavy atom. The molecule has 0 atom stereocenters. The lowest BCUT2D eigenvalue weighted by atomic mass is 10.0. The third-order valence-corrected chi connectivity index (χ3v) is 3.95. The van der Waals surface area contributed by atoms with Gasteiger partial charge in [0.2, 0.25) is 0 Å². The Hall–Kier alpha value is -2.69. The average Bonchev–Trinajstić information content (AvgIpc) is 2.71. The van der Waals surface area contributed by atoms with Crippen LogP contribution in [0.3, 0.4) is 0 Å². The van der Waals surface area contributed by atoms with E-state index in [1.54, 1.807) is 7.11 Å². The van der Waals surface area contributed by atoms with Gasteiger partial charge in [-0.1, -0.05) is 48.5 Å². The van der Waals surface area contributed by atoms with Gasteiger partial charge in [-0.3, -0.25) is 0 Å². The van der Waals surface area contributed by atoms with Crippen molar-refractivity contribution in [2.24, 2.45) is 5.73 Å². The van der Waals surface area contributed by atoms with Crippen LogP contribution in [0.4, 0.5) is 0 Å². The molecule has 2 N–H and O–H groups in total. The Bertz CT molecular complexity index is 840. The molecule has 0 radical (unpaired) electrons. The van der Waals surface area contributed by atoms with E-state index in [1.165, 1.54) is 0 Å². The third-order valence-electron chi connectivity index (χ3n) is 3.95. The van der Waals surface area contributed by atoms with Crippen molar-refractivity contribution in [2.45, 2.75) is 6.61 Å². The number of hydrogen-bond acceptors (Lipinski definition) is 4. The molecule has 0 aliphatic heterocycles. The minimum Gasteiger partial charge on any atom is -0.493 e. The van der Waals surface area contributed by atoms with E-state index >= 15 is 0 Å². The maximum absolute atomic E-state index is 5.92. The number of rotatable bonds is 8. The molecule has 0 fully saturated rings. The molecule has 0 spiro atoms. The summed E-state index contributed by atoms with van der Waals surface area (Å²) in [4.78, 5) is 0. The van der Waals surface area contributed by atoms with Crippen LogP contribution in [-0.4, -0.2) is 20.3 Å². The number of nitrogens with two attached hydrogens (primary N) is 1. The Morgan fingerprint density at radius 1 is 0.778 bits per heavy atom. The van der Waals surface area contributed by atoms with Gasteiger partial charge in [-0.05, 0) is 41.0 Å². The van der Waals surface area contributed by atoms with Crippen molar-refractivity contribution in [1.82, 2.24) is 0 Å². The Kier molecular flexibility index (Phi) is 7.99. The summed E-state index contributed by atoms with van der Waals surface area (Å²) in [7, 11) is 1.63. The van der Waals surface area contributed by atoms with Gasteiger partial charge in [-0.15, -0.1) is 12.4 Å². The zero-order chi connectivity index (χ0) is 18.2. The van der Waals surface area contributed by atoms with Crippen LogP contribution in [0.1, 0.15) is 5.56 Å². The number of methoxy groups -OCH3 is 1. The van der Waals surface area contributed by atoms with Gasteiger partial charge in [0.25, 0.3) is 0 Å². The molecular weight excluding hydrogens is 362 g/mol. The molecule has 142 valence electrons. The van der Waals surface area contributed by atoms with E-state index in [4.69, 9.17) is 19.9 Å². The summed E-state index contributed by atoms with van der Waals surface area (Å²) >= 11 is 0. The Labute approximate surface area is 166 Å². The monoisotopic (exact) mass is 385 g/mol. The minimum atomic E-state index is 0. The summed E-state index contributed by atoms with van der Waals surface area (Å²) in [5.74, 6) is 2.21. The Balaban J connectivity index is 0.00000261. The van der Waals surface area contributed by atoms with Crippen LogP contribution in [0.15, 0.2) is 72.8 Å². The second kappa shape index (κ2) is 10.5. The molecule has 0 saturated carbocycles. The molecule has 0 aromatic heterocycles. The van der Waals surface area contributed by atoms with Crippen LogP contribution in [0.2, 0.25) is 0 Å². The van der Waals surface area contributed by atoms with Gasteiger partial charge in [0.1, 0.15) is 19.0 Å². The fourth-order valence-corrected chi connectivity index (χ4v) is 2.64. The molecule has 0 saturated heterocycles. The van der Waals surface area contributed by atoms with Crippen molar-refractivity contribution >= 4 is 12.4 Å². The molecule has 3 aromatic carbocycles. The van der Waals surface area contributed by atoms with Crippen LogP contribution in [0.25, 0.3) is 11.1 Å². The predicted octanol–water partition coefficient (Wildman–Crippen LogP) is 4.70. The number of benzene rings is 3. The van der Waals surface area contributed by atoms with Gasteiger partial charge in [-0.2, -0.15) is 0 Å². The summed E-state index contributed by atoms with van der Waals surface area (Å²) in [6, 6.07) is 24.0. The van der Waals surface area contributed by atoms with Crippen molar-refractivity contribution in [2.75, 3.05) is 20.3 Å². The maximum Gasteiger partial charge on any atom is 0.161 e. The molecular formula is C22H24ClNO3. The topological polar surface area (TPSA) is 53.7 Å². The molecule has 0 aliphatic carbocycles. The molecule has 0 bridgehead atoms. The lowest BCUT2D eigenvalue weighted by Crippen LogP contribution is -2.11. The van der Waals surface area contributed by atoms with Crippen LogP contribution in [0, 0.1) is 0 Å².